The smallest absolute Gasteiger partial charge is 0.259 e. The van der Waals surface area contributed by atoms with Crippen LogP contribution in [0.15, 0.2) is 48.8 Å². The number of hydrogen-bond donors (Lipinski definition) is 2. The number of amides is 2. The molecule has 1 aliphatic rings. The van der Waals surface area contributed by atoms with Crippen LogP contribution in [0.3, 0.4) is 0 Å². The van der Waals surface area contributed by atoms with Crippen molar-refractivity contribution in [1.29, 1.82) is 0 Å². The van der Waals surface area contributed by atoms with Crippen LogP contribution in [0.5, 0.6) is 11.5 Å². The van der Waals surface area contributed by atoms with Crippen molar-refractivity contribution < 1.29 is 18.7 Å². The molecule has 1 aromatic heterocycles. The predicted octanol–water partition coefficient (Wildman–Crippen LogP) is 2.89. The first-order chi connectivity index (χ1) is 13.5. The summed E-state index contributed by atoms with van der Waals surface area (Å²) in [7, 11) is 1.75. The van der Waals surface area contributed by atoms with Crippen LogP contribution in [0.25, 0.3) is 0 Å². The number of benzene rings is 2. The normalized spacial score (nSPS) is 12.9. The summed E-state index contributed by atoms with van der Waals surface area (Å²) in [5.74, 6) is -0.613. The molecular formula is C20H17FN4O3. The molecular weight excluding hydrogens is 363 g/mol. The largest absolute Gasteiger partial charge is 0.453 e. The van der Waals surface area contributed by atoms with E-state index < -0.39 is 11.7 Å². The van der Waals surface area contributed by atoms with Gasteiger partial charge in [-0.2, -0.15) is 5.10 Å². The average molecular weight is 380 g/mol. The number of fused-ring (bicyclic) bond motifs is 1. The van der Waals surface area contributed by atoms with E-state index in [0.717, 1.165) is 0 Å². The van der Waals surface area contributed by atoms with Crippen LogP contribution in [0.4, 0.5) is 10.1 Å². The van der Waals surface area contributed by atoms with Gasteiger partial charge in [0.25, 0.3) is 11.8 Å². The van der Waals surface area contributed by atoms with E-state index in [4.69, 9.17) is 4.74 Å². The van der Waals surface area contributed by atoms with Crippen molar-refractivity contribution in [2.75, 3.05) is 11.9 Å². The first-order valence-electron chi connectivity index (χ1n) is 8.69. The van der Waals surface area contributed by atoms with E-state index in [1.54, 1.807) is 42.2 Å². The first kappa shape index (κ1) is 17.7. The summed E-state index contributed by atoms with van der Waals surface area (Å²) >= 11 is 0. The highest BCUT2D eigenvalue weighted by molar-refractivity contribution is 6.06. The van der Waals surface area contributed by atoms with Gasteiger partial charge in [-0.25, -0.2) is 4.39 Å². The van der Waals surface area contributed by atoms with Gasteiger partial charge in [0.15, 0.2) is 11.6 Å². The molecule has 0 atom stereocenters. The maximum absolute atomic E-state index is 14.8. The van der Waals surface area contributed by atoms with Gasteiger partial charge >= 0.3 is 0 Å². The van der Waals surface area contributed by atoms with Gasteiger partial charge in [-0.15, -0.1) is 0 Å². The fourth-order valence-electron chi connectivity index (χ4n) is 3.08. The highest BCUT2D eigenvalue weighted by atomic mass is 19.1. The lowest BCUT2D eigenvalue weighted by Gasteiger charge is -2.19. The number of nitrogens with one attached hydrogen (secondary N) is 2. The minimum Gasteiger partial charge on any atom is -0.453 e. The summed E-state index contributed by atoms with van der Waals surface area (Å²) in [5.41, 5.74) is 0.874. The number of anilines is 1. The van der Waals surface area contributed by atoms with Gasteiger partial charge in [-0.3, -0.25) is 14.3 Å². The van der Waals surface area contributed by atoms with Crippen LogP contribution in [0.1, 0.15) is 26.3 Å². The van der Waals surface area contributed by atoms with Crippen molar-refractivity contribution in [2.24, 2.45) is 7.05 Å². The van der Waals surface area contributed by atoms with Crippen molar-refractivity contribution in [3.8, 4) is 11.5 Å². The van der Waals surface area contributed by atoms with Gasteiger partial charge in [0.1, 0.15) is 5.75 Å². The predicted molar refractivity (Wildman–Crippen MR) is 100 cm³/mol. The van der Waals surface area contributed by atoms with Crippen LogP contribution < -0.4 is 15.4 Å². The molecule has 142 valence electrons. The Morgan fingerprint density at radius 1 is 1.29 bits per heavy atom. The Labute approximate surface area is 160 Å². The second kappa shape index (κ2) is 7.15. The Balaban J connectivity index is 1.60. The number of nitrogens with zero attached hydrogens (tertiary/aromatic N) is 2. The molecule has 0 fully saturated rings. The van der Waals surface area contributed by atoms with Crippen LogP contribution in [0, 0.1) is 5.82 Å². The molecule has 0 unspecified atom stereocenters. The van der Waals surface area contributed by atoms with E-state index in [0.29, 0.717) is 35.6 Å². The number of aromatic nitrogens is 2. The lowest BCUT2D eigenvalue weighted by molar-refractivity contribution is 0.0944. The number of carbonyl (C=O) groups is 2. The van der Waals surface area contributed by atoms with E-state index in [1.165, 1.54) is 18.3 Å². The van der Waals surface area contributed by atoms with E-state index in [9.17, 15) is 14.0 Å². The molecule has 0 aliphatic carbocycles. The topological polar surface area (TPSA) is 85.2 Å². The summed E-state index contributed by atoms with van der Waals surface area (Å²) in [6, 6.07) is 9.57. The summed E-state index contributed by atoms with van der Waals surface area (Å²) in [6.45, 7) is 0.363. The van der Waals surface area contributed by atoms with Gasteiger partial charge in [0.2, 0.25) is 0 Å². The van der Waals surface area contributed by atoms with Crippen molar-refractivity contribution in [1.82, 2.24) is 15.1 Å². The molecule has 8 heteroatoms. The Morgan fingerprint density at radius 2 is 2.11 bits per heavy atom. The summed E-state index contributed by atoms with van der Waals surface area (Å²) < 4.78 is 22.1. The summed E-state index contributed by atoms with van der Waals surface area (Å²) in [5, 5.41) is 9.27. The molecule has 0 bridgehead atoms. The van der Waals surface area contributed by atoms with Crippen molar-refractivity contribution in [2.45, 2.75) is 6.42 Å². The lowest BCUT2D eigenvalue weighted by Crippen LogP contribution is -2.32. The van der Waals surface area contributed by atoms with E-state index in [1.807, 2.05) is 0 Å². The maximum atomic E-state index is 14.8. The fraction of sp³-hybridized carbons (Fsp3) is 0.150. The number of para-hydroxylation sites is 1. The quantitative estimate of drug-likeness (QED) is 0.729. The standard InChI is InChI=1S/C20H17FN4O3/c1-25-11-12(10-23-25)28-17-5-3-2-4-15(17)20(27)24-16-7-6-14-13(18(16)21)8-9-22-19(14)26/h2-7,10-11H,8-9H2,1H3,(H,22,26)(H,24,27). The molecule has 2 N–H and O–H groups in total. The first-order valence-corrected chi connectivity index (χ1v) is 8.69. The zero-order valence-electron chi connectivity index (χ0n) is 15.0. The van der Waals surface area contributed by atoms with Gasteiger partial charge in [0.05, 0.1) is 23.6 Å². The number of ether oxygens (including phenoxy) is 1. The van der Waals surface area contributed by atoms with Crippen LogP contribution >= 0.6 is 0 Å². The Kier molecular flexibility index (Phi) is 4.52. The molecule has 0 radical (unpaired) electrons. The Bertz CT molecular complexity index is 1080. The summed E-state index contributed by atoms with van der Waals surface area (Å²) in [4.78, 5) is 24.6. The van der Waals surface area contributed by atoms with Gasteiger partial charge in [-0.05, 0) is 30.7 Å². The third-order valence-corrected chi connectivity index (χ3v) is 4.44. The minimum atomic E-state index is -0.591. The fourth-order valence-corrected chi connectivity index (χ4v) is 3.08. The van der Waals surface area contributed by atoms with Crippen LogP contribution in [-0.2, 0) is 13.5 Å². The molecule has 2 amide bonds. The second-order valence-corrected chi connectivity index (χ2v) is 6.36. The second-order valence-electron chi connectivity index (χ2n) is 6.36. The van der Waals surface area contributed by atoms with E-state index in [-0.39, 0.29) is 17.2 Å². The third-order valence-electron chi connectivity index (χ3n) is 4.44. The highest BCUT2D eigenvalue weighted by Crippen LogP contribution is 2.28. The van der Waals surface area contributed by atoms with Crippen LogP contribution in [0.2, 0.25) is 0 Å². The SMILES string of the molecule is Cn1cc(Oc2ccccc2C(=O)Nc2ccc3c(c2F)CCNC3=O)cn1. The molecule has 4 rings (SSSR count). The number of aryl methyl sites for hydroxylation is 1. The molecule has 3 aromatic rings. The molecule has 2 heterocycles. The molecule has 0 saturated heterocycles. The van der Waals surface area contributed by atoms with Crippen molar-refractivity contribution >= 4 is 17.5 Å². The number of hydrogen-bond acceptors (Lipinski definition) is 4. The van der Waals surface area contributed by atoms with Crippen LogP contribution in [-0.4, -0.2) is 28.1 Å². The lowest BCUT2D eigenvalue weighted by atomic mass is 9.98. The number of carbonyl (C=O) groups excluding carboxylic acids is 2. The molecule has 0 saturated carbocycles. The van der Waals surface area contributed by atoms with Gasteiger partial charge < -0.3 is 15.4 Å². The molecule has 0 spiro atoms. The minimum absolute atomic E-state index is 0.0228. The van der Waals surface area contributed by atoms with Crippen molar-refractivity contribution in [3.63, 3.8) is 0 Å². The molecule has 1 aliphatic heterocycles. The van der Waals surface area contributed by atoms with E-state index in [2.05, 4.69) is 15.7 Å². The zero-order chi connectivity index (χ0) is 19.7. The Morgan fingerprint density at radius 3 is 2.89 bits per heavy atom. The molecule has 7 nitrogen and oxygen atoms in total. The highest BCUT2D eigenvalue weighted by Gasteiger charge is 2.23. The maximum Gasteiger partial charge on any atom is 0.259 e. The number of halogens is 1. The summed E-state index contributed by atoms with van der Waals surface area (Å²) in [6.07, 6.45) is 3.57. The van der Waals surface area contributed by atoms with Crippen molar-refractivity contribution in [3.05, 3.63) is 71.3 Å². The molecule has 28 heavy (non-hydrogen) atoms. The number of rotatable bonds is 4. The Hall–Kier alpha value is -3.68. The third kappa shape index (κ3) is 3.32. The average Bonchev–Trinajstić information content (AvgIpc) is 3.09. The monoisotopic (exact) mass is 380 g/mol. The molecule has 2 aromatic carbocycles. The van der Waals surface area contributed by atoms with E-state index >= 15 is 0 Å². The van der Waals surface area contributed by atoms with Gasteiger partial charge in [-0.1, -0.05) is 12.1 Å². The zero-order valence-corrected chi connectivity index (χ0v) is 15.0. The van der Waals surface area contributed by atoms with Gasteiger partial charge in [0, 0.05) is 24.7 Å².